The van der Waals surface area contributed by atoms with Crippen LogP contribution in [0.15, 0.2) is 0 Å². The fraction of sp³-hybridized carbons (Fsp3) is 0.765. The predicted molar refractivity (Wildman–Crippen MR) is 83.6 cm³/mol. The van der Waals surface area contributed by atoms with Crippen LogP contribution in [0.5, 0.6) is 0 Å². The molecule has 0 spiro atoms. The van der Waals surface area contributed by atoms with Crippen molar-refractivity contribution in [1.29, 1.82) is 0 Å². The van der Waals surface area contributed by atoms with E-state index in [0.29, 0.717) is 5.92 Å². The number of nitrogens with one attached hydrogen (secondary N) is 1. The minimum absolute atomic E-state index is 0.390. The van der Waals surface area contributed by atoms with E-state index in [1.54, 1.807) is 0 Å². The van der Waals surface area contributed by atoms with Crippen LogP contribution in [0.3, 0.4) is 0 Å². The van der Waals surface area contributed by atoms with Gasteiger partial charge < -0.3 is 10.1 Å². The summed E-state index contributed by atoms with van der Waals surface area (Å²) < 4.78 is 5.57. The van der Waals surface area contributed by atoms with Crippen LogP contribution >= 0.6 is 0 Å². The maximum absolute atomic E-state index is 5.57. The quantitative estimate of drug-likeness (QED) is 0.818. The van der Waals surface area contributed by atoms with Gasteiger partial charge in [-0.05, 0) is 64.5 Å². The highest BCUT2D eigenvalue weighted by Gasteiger charge is 2.21. The van der Waals surface area contributed by atoms with Crippen LogP contribution < -0.4 is 5.32 Å². The molecule has 0 bridgehead atoms. The largest absolute Gasteiger partial charge is 0.381 e. The molecule has 0 radical (unpaired) electrons. The molecule has 1 aliphatic heterocycles. The Hall–Kier alpha value is -1.00. The lowest BCUT2D eigenvalue weighted by Crippen LogP contribution is -2.20. The SMILES string of the molecule is Cc1nc(C2CCCOC2)nc(C)c1CCCNC1CC1. The number of rotatable bonds is 6. The van der Waals surface area contributed by atoms with Crippen molar-refractivity contribution in [1.82, 2.24) is 15.3 Å². The number of nitrogens with zero attached hydrogens (tertiary/aromatic N) is 2. The molecule has 4 heteroatoms. The van der Waals surface area contributed by atoms with Crippen molar-refractivity contribution in [3.05, 3.63) is 22.8 Å². The number of hydrogen-bond donors (Lipinski definition) is 1. The third kappa shape index (κ3) is 4.01. The zero-order valence-corrected chi connectivity index (χ0v) is 13.3. The zero-order valence-electron chi connectivity index (χ0n) is 13.3. The molecule has 1 aromatic heterocycles. The predicted octanol–water partition coefficient (Wildman–Crippen LogP) is 2.67. The van der Waals surface area contributed by atoms with Crippen LogP contribution in [-0.4, -0.2) is 35.8 Å². The molecular weight excluding hydrogens is 262 g/mol. The summed E-state index contributed by atoms with van der Waals surface area (Å²) in [5.74, 6) is 1.38. The molecule has 1 N–H and O–H groups in total. The van der Waals surface area contributed by atoms with Crippen molar-refractivity contribution in [2.45, 2.75) is 64.3 Å². The van der Waals surface area contributed by atoms with E-state index in [1.165, 1.54) is 24.8 Å². The van der Waals surface area contributed by atoms with Gasteiger partial charge in [0, 0.05) is 30.0 Å². The minimum atomic E-state index is 0.390. The van der Waals surface area contributed by atoms with Gasteiger partial charge in [0.05, 0.1) is 6.61 Å². The molecule has 2 fully saturated rings. The van der Waals surface area contributed by atoms with Crippen molar-refractivity contribution in [3.8, 4) is 0 Å². The first-order valence-corrected chi connectivity index (χ1v) is 8.39. The summed E-state index contributed by atoms with van der Waals surface area (Å²) in [7, 11) is 0. The summed E-state index contributed by atoms with van der Waals surface area (Å²) >= 11 is 0. The van der Waals surface area contributed by atoms with Gasteiger partial charge in [0.2, 0.25) is 0 Å². The maximum atomic E-state index is 5.57. The summed E-state index contributed by atoms with van der Waals surface area (Å²) in [6.07, 6.45) is 7.26. The Morgan fingerprint density at radius 2 is 1.90 bits per heavy atom. The fourth-order valence-electron chi connectivity index (χ4n) is 3.11. The number of ether oxygens (including phenoxy) is 1. The normalized spacial score (nSPS) is 22.5. The summed E-state index contributed by atoms with van der Waals surface area (Å²) in [4.78, 5) is 9.54. The first-order valence-electron chi connectivity index (χ1n) is 8.39. The molecule has 1 aromatic rings. The van der Waals surface area contributed by atoms with Crippen LogP contribution in [0.2, 0.25) is 0 Å². The zero-order chi connectivity index (χ0) is 14.7. The third-order valence-corrected chi connectivity index (χ3v) is 4.58. The van der Waals surface area contributed by atoms with Crippen molar-refractivity contribution in [2.24, 2.45) is 0 Å². The summed E-state index contributed by atoms with van der Waals surface area (Å²) in [6.45, 7) is 7.04. The molecule has 2 heterocycles. The second kappa shape index (κ2) is 6.84. The molecule has 3 rings (SSSR count). The second-order valence-electron chi connectivity index (χ2n) is 6.48. The van der Waals surface area contributed by atoms with E-state index in [-0.39, 0.29) is 0 Å². The molecule has 0 aromatic carbocycles. The van der Waals surface area contributed by atoms with Crippen LogP contribution in [0.1, 0.15) is 60.8 Å². The Balaban J connectivity index is 1.60. The molecule has 0 amide bonds. The van der Waals surface area contributed by atoms with E-state index in [4.69, 9.17) is 14.7 Å². The Bertz CT molecular complexity index is 456. The van der Waals surface area contributed by atoms with Gasteiger partial charge in [-0.15, -0.1) is 0 Å². The molecule has 1 unspecified atom stereocenters. The van der Waals surface area contributed by atoms with Gasteiger partial charge in [0.15, 0.2) is 0 Å². The van der Waals surface area contributed by atoms with Gasteiger partial charge in [-0.25, -0.2) is 9.97 Å². The first-order chi connectivity index (χ1) is 10.2. The topological polar surface area (TPSA) is 47.0 Å². The lowest BCUT2D eigenvalue weighted by molar-refractivity contribution is 0.0779. The minimum Gasteiger partial charge on any atom is -0.381 e. The Labute approximate surface area is 127 Å². The lowest BCUT2D eigenvalue weighted by atomic mass is 10.00. The molecule has 1 saturated carbocycles. The van der Waals surface area contributed by atoms with Crippen molar-refractivity contribution in [2.75, 3.05) is 19.8 Å². The maximum Gasteiger partial charge on any atom is 0.134 e. The monoisotopic (exact) mass is 289 g/mol. The molecule has 4 nitrogen and oxygen atoms in total. The number of hydrogen-bond acceptors (Lipinski definition) is 4. The van der Waals surface area contributed by atoms with E-state index in [2.05, 4.69) is 19.2 Å². The van der Waals surface area contributed by atoms with Crippen molar-refractivity contribution in [3.63, 3.8) is 0 Å². The van der Waals surface area contributed by atoms with Gasteiger partial charge in [-0.2, -0.15) is 0 Å². The smallest absolute Gasteiger partial charge is 0.134 e. The average molecular weight is 289 g/mol. The van der Waals surface area contributed by atoms with E-state index in [0.717, 1.165) is 62.3 Å². The van der Waals surface area contributed by atoms with Crippen LogP contribution in [0.4, 0.5) is 0 Å². The molecule has 116 valence electrons. The number of aryl methyl sites for hydroxylation is 2. The number of aromatic nitrogens is 2. The van der Waals surface area contributed by atoms with E-state index >= 15 is 0 Å². The summed E-state index contributed by atoms with van der Waals surface area (Å²) in [5.41, 5.74) is 3.66. The standard InChI is InChI=1S/C17H27N3O/c1-12-16(6-3-9-18-15-7-8-15)13(2)20-17(19-12)14-5-4-10-21-11-14/h14-15,18H,3-11H2,1-2H3. The highest BCUT2D eigenvalue weighted by Crippen LogP contribution is 2.24. The summed E-state index contributed by atoms with van der Waals surface area (Å²) in [6, 6.07) is 0.803. The molecular formula is C17H27N3O. The molecule has 2 aliphatic rings. The highest BCUT2D eigenvalue weighted by molar-refractivity contribution is 5.25. The van der Waals surface area contributed by atoms with Crippen molar-refractivity contribution >= 4 is 0 Å². The Morgan fingerprint density at radius 1 is 1.14 bits per heavy atom. The van der Waals surface area contributed by atoms with Crippen LogP contribution in [0, 0.1) is 13.8 Å². The molecule has 1 saturated heterocycles. The van der Waals surface area contributed by atoms with Gasteiger partial charge in [-0.1, -0.05) is 0 Å². The average Bonchev–Trinajstić information content (AvgIpc) is 3.30. The summed E-state index contributed by atoms with van der Waals surface area (Å²) in [5, 5.41) is 3.57. The Morgan fingerprint density at radius 3 is 2.52 bits per heavy atom. The van der Waals surface area contributed by atoms with Gasteiger partial charge in [0.25, 0.3) is 0 Å². The van der Waals surface area contributed by atoms with E-state index in [9.17, 15) is 0 Å². The first kappa shape index (κ1) is 14.9. The van der Waals surface area contributed by atoms with Crippen LogP contribution in [-0.2, 0) is 11.2 Å². The second-order valence-corrected chi connectivity index (χ2v) is 6.48. The van der Waals surface area contributed by atoms with Gasteiger partial charge in [0.1, 0.15) is 5.82 Å². The molecule has 1 atom stereocenters. The van der Waals surface area contributed by atoms with Crippen molar-refractivity contribution < 1.29 is 4.74 Å². The van der Waals surface area contributed by atoms with Crippen LogP contribution in [0.25, 0.3) is 0 Å². The van der Waals surface area contributed by atoms with Gasteiger partial charge in [-0.3, -0.25) is 0 Å². The fourth-order valence-corrected chi connectivity index (χ4v) is 3.11. The molecule has 21 heavy (non-hydrogen) atoms. The third-order valence-electron chi connectivity index (χ3n) is 4.58. The van der Waals surface area contributed by atoms with E-state index < -0.39 is 0 Å². The Kier molecular flexibility index (Phi) is 4.86. The van der Waals surface area contributed by atoms with Gasteiger partial charge >= 0.3 is 0 Å². The molecule has 1 aliphatic carbocycles. The highest BCUT2D eigenvalue weighted by atomic mass is 16.5. The lowest BCUT2D eigenvalue weighted by Gasteiger charge is -2.22. The van der Waals surface area contributed by atoms with E-state index in [1.807, 2.05) is 0 Å².